The first-order valence-corrected chi connectivity index (χ1v) is 8.22. The maximum absolute atomic E-state index is 4.82. The van der Waals surface area contributed by atoms with Crippen molar-refractivity contribution in [1.82, 2.24) is 19.9 Å². The lowest BCUT2D eigenvalue weighted by Crippen LogP contribution is -2.24. The molecule has 0 fully saturated rings. The first-order valence-electron chi connectivity index (χ1n) is 7.40. The van der Waals surface area contributed by atoms with E-state index < -0.39 is 0 Å². The molecule has 1 unspecified atom stereocenters. The summed E-state index contributed by atoms with van der Waals surface area (Å²) in [6.07, 6.45) is 5.99. The van der Waals surface area contributed by atoms with Crippen molar-refractivity contribution in [3.63, 3.8) is 0 Å². The molecule has 0 radical (unpaired) electrons. The highest BCUT2D eigenvalue weighted by atomic mass is 32.1. The van der Waals surface area contributed by atoms with Crippen molar-refractivity contribution < 1.29 is 0 Å². The van der Waals surface area contributed by atoms with E-state index in [1.165, 1.54) is 16.3 Å². The molecule has 20 heavy (non-hydrogen) atoms. The van der Waals surface area contributed by atoms with Gasteiger partial charge in [0.1, 0.15) is 11.0 Å². The standard InChI is InChI=1S/C15H24N4S/c1-5-8-19-10-16-9-13(19)14(17-7-3)15-18-12(6-2)11(4)20-15/h9-10,14,17H,5-8H2,1-4H3. The summed E-state index contributed by atoms with van der Waals surface area (Å²) in [6, 6.07) is 0.151. The summed E-state index contributed by atoms with van der Waals surface area (Å²) in [5.41, 5.74) is 2.43. The molecule has 0 saturated heterocycles. The molecule has 1 N–H and O–H groups in total. The average Bonchev–Trinajstić information content (AvgIpc) is 3.03. The molecule has 2 heterocycles. The molecule has 5 heteroatoms. The summed E-state index contributed by atoms with van der Waals surface area (Å²) in [5.74, 6) is 0. The molecule has 2 rings (SSSR count). The molecule has 0 aromatic carbocycles. The lowest BCUT2D eigenvalue weighted by molar-refractivity contribution is 0.556. The minimum absolute atomic E-state index is 0.151. The molecular weight excluding hydrogens is 268 g/mol. The Morgan fingerprint density at radius 2 is 2.15 bits per heavy atom. The molecule has 2 aromatic rings. The Balaban J connectivity index is 2.36. The first kappa shape index (κ1) is 15.2. The van der Waals surface area contributed by atoms with E-state index in [1.54, 1.807) is 11.3 Å². The Kier molecular flexibility index (Phi) is 5.31. The van der Waals surface area contributed by atoms with Gasteiger partial charge in [0, 0.05) is 11.4 Å². The Labute approximate surface area is 125 Å². The quantitative estimate of drug-likeness (QED) is 0.851. The molecule has 0 spiro atoms. The predicted octanol–water partition coefficient (Wildman–Crippen LogP) is 3.32. The number of imidazole rings is 1. The smallest absolute Gasteiger partial charge is 0.116 e. The van der Waals surface area contributed by atoms with Gasteiger partial charge in [-0.3, -0.25) is 0 Å². The van der Waals surface area contributed by atoms with Crippen LogP contribution in [0.3, 0.4) is 0 Å². The number of hydrogen-bond donors (Lipinski definition) is 1. The van der Waals surface area contributed by atoms with Crippen LogP contribution in [0.4, 0.5) is 0 Å². The topological polar surface area (TPSA) is 42.7 Å². The second-order valence-corrected chi connectivity index (χ2v) is 6.15. The Hall–Kier alpha value is -1.20. The third-order valence-electron chi connectivity index (χ3n) is 3.40. The van der Waals surface area contributed by atoms with E-state index in [1.807, 2.05) is 12.5 Å². The van der Waals surface area contributed by atoms with Crippen molar-refractivity contribution in [2.75, 3.05) is 6.54 Å². The lowest BCUT2D eigenvalue weighted by Gasteiger charge is -2.17. The van der Waals surface area contributed by atoms with Crippen LogP contribution in [-0.2, 0) is 13.0 Å². The van der Waals surface area contributed by atoms with Crippen molar-refractivity contribution in [3.05, 3.63) is 33.8 Å². The molecule has 0 aliphatic carbocycles. The zero-order chi connectivity index (χ0) is 14.5. The minimum atomic E-state index is 0.151. The fraction of sp³-hybridized carbons (Fsp3) is 0.600. The third kappa shape index (κ3) is 3.10. The zero-order valence-corrected chi connectivity index (χ0v) is 13.6. The number of aryl methyl sites for hydroxylation is 3. The second kappa shape index (κ2) is 6.99. The summed E-state index contributed by atoms with van der Waals surface area (Å²) >= 11 is 1.80. The van der Waals surface area contributed by atoms with E-state index >= 15 is 0 Å². The van der Waals surface area contributed by atoms with Gasteiger partial charge in [0.05, 0.1) is 23.9 Å². The highest BCUT2D eigenvalue weighted by Crippen LogP contribution is 2.28. The van der Waals surface area contributed by atoms with E-state index in [2.05, 4.69) is 42.6 Å². The largest absolute Gasteiger partial charge is 0.333 e. The van der Waals surface area contributed by atoms with Gasteiger partial charge >= 0.3 is 0 Å². The molecule has 2 aromatic heterocycles. The van der Waals surface area contributed by atoms with Crippen molar-refractivity contribution in [1.29, 1.82) is 0 Å². The van der Waals surface area contributed by atoms with Crippen LogP contribution in [0.15, 0.2) is 12.5 Å². The van der Waals surface area contributed by atoms with Gasteiger partial charge in [-0.2, -0.15) is 0 Å². The molecule has 0 saturated carbocycles. The van der Waals surface area contributed by atoms with Crippen LogP contribution in [0, 0.1) is 6.92 Å². The van der Waals surface area contributed by atoms with Crippen LogP contribution in [-0.4, -0.2) is 21.1 Å². The normalized spacial score (nSPS) is 12.8. The summed E-state index contributed by atoms with van der Waals surface area (Å²) < 4.78 is 2.23. The van der Waals surface area contributed by atoms with Crippen molar-refractivity contribution in [3.8, 4) is 0 Å². The molecule has 0 aliphatic heterocycles. The maximum Gasteiger partial charge on any atom is 0.116 e. The highest BCUT2D eigenvalue weighted by Gasteiger charge is 2.21. The SMILES string of the molecule is CCCn1cncc1C(NCC)c1nc(CC)c(C)s1. The molecule has 4 nitrogen and oxygen atoms in total. The van der Waals surface area contributed by atoms with Crippen molar-refractivity contribution in [2.45, 2.75) is 53.1 Å². The monoisotopic (exact) mass is 292 g/mol. The van der Waals surface area contributed by atoms with Gasteiger partial charge in [0.2, 0.25) is 0 Å². The number of nitrogens with one attached hydrogen (secondary N) is 1. The van der Waals surface area contributed by atoms with E-state index in [-0.39, 0.29) is 6.04 Å². The molecule has 110 valence electrons. The van der Waals surface area contributed by atoms with Gasteiger partial charge in [-0.1, -0.05) is 20.8 Å². The predicted molar refractivity (Wildman–Crippen MR) is 84.3 cm³/mol. The summed E-state index contributed by atoms with van der Waals surface area (Å²) in [7, 11) is 0. The Morgan fingerprint density at radius 1 is 1.35 bits per heavy atom. The van der Waals surface area contributed by atoms with Crippen LogP contribution in [0.2, 0.25) is 0 Å². The molecule has 0 bridgehead atoms. The molecular formula is C15H24N4S. The molecule has 0 amide bonds. The van der Waals surface area contributed by atoms with Gasteiger partial charge in [0.25, 0.3) is 0 Å². The Bertz CT molecular complexity index is 544. The zero-order valence-electron chi connectivity index (χ0n) is 12.8. The van der Waals surface area contributed by atoms with Gasteiger partial charge in [-0.05, 0) is 26.3 Å². The summed E-state index contributed by atoms with van der Waals surface area (Å²) in [5, 5.41) is 4.70. The maximum atomic E-state index is 4.82. The van der Waals surface area contributed by atoms with E-state index in [9.17, 15) is 0 Å². The Morgan fingerprint density at radius 3 is 2.75 bits per heavy atom. The van der Waals surface area contributed by atoms with Crippen molar-refractivity contribution >= 4 is 11.3 Å². The fourth-order valence-corrected chi connectivity index (χ4v) is 3.52. The number of hydrogen-bond acceptors (Lipinski definition) is 4. The lowest BCUT2D eigenvalue weighted by atomic mass is 10.2. The van der Waals surface area contributed by atoms with E-state index in [4.69, 9.17) is 4.98 Å². The molecule has 0 aliphatic rings. The van der Waals surface area contributed by atoms with E-state index in [0.29, 0.717) is 0 Å². The number of thiazole rings is 1. The third-order valence-corrected chi connectivity index (χ3v) is 4.48. The average molecular weight is 292 g/mol. The van der Waals surface area contributed by atoms with Gasteiger partial charge in [0.15, 0.2) is 0 Å². The minimum Gasteiger partial charge on any atom is -0.333 e. The van der Waals surface area contributed by atoms with E-state index in [0.717, 1.165) is 30.9 Å². The first-order chi connectivity index (χ1) is 9.71. The number of aromatic nitrogens is 3. The van der Waals surface area contributed by atoms with Gasteiger partial charge in [-0.25, -0.2) is 9.97 Å². The van der Waals surface area contributed by atoms with Crippen LogP contribution >= 0.6 is 11.3 Å². The van der Waals surface area contributed by atoms with Crippen molar-refractivity contribution in [2.24, 2.45) is 0 Å². The summed E-state index contributed by atoms with van der Waals surface area (Å²) in [4.78, 5) is 10.5. The van der Waals surface area contributed by atoms with Crippen LogP contribution < -0.4 is 5.32 Å². The van der Waals surface area contributed by atoms with Gasteiger partial charge < -0.3 is 9.88 Å². The van der Waals surface area contributed by atoms with Crippen LogP contribution in [0.5, 0.6) is 0 Å². The number of rotatable bonds is 7. The molecule has 1 atom stereocenters. The number of nitrogens with zero attached hydrogens (tertiary/aromatic N) is 3. The fourth-order valence-electron chi connectivity index (χ4n) is 2.42. The van der Waals surface area contributed by atoms with Gasteiger partial charge in [-0.15, -0.1) is 11.3 Å². The second-order valence-electron chi connectivity index (χ2n) is 4.91. The van der Waals surface area contributed by atoms with Crippen LogP contribution in [0.1, 0.15) is 54.5 Å². The highest BCUT2D eigenvalue weighted by molar-refractivity contribution is 7.11. The van der Waals surface area contributed by atoms with Crippen LogP contribution in [0.25, 0.3) is 0 Å². The summed E-state index contributed by atoms with van der Waals surface area (Å²) in [6.45, 7) is 10.6.